The van der Waals surface area contributed by atoms with Crippen LogP contribution < -0.4 is 0 Å². The van der Waals surface area contributed by atoms with Crippen LogP contribution in [0.5, 0.6) is 0 Å². The summed E-state index contributed by atoms with van der Waals surface area (Å²) in [6, 6.07) is 0. The second-order valence-electron chi connectivity index (χ2n) is 4.18. The van der Waals surface area contributed by atoms with Crippen molar-refractivity contribution in [1.82, 2.24) is 0 Å². The van der Waals surface area contributed by atoms with Crippen molar-refractivity contribution in [3.63, 3.8) is 0 Å². The third-order valence-electron chi connectivity index (χ3n) is 2.05. The number of thiol groups is 1. The van der Waals surface area contributed by atoms with Crippen molar-refractivity contribution >= 4 is 30.4 Å². The number of carbonyl (C=O) groups is 1. The van der Waals surface area contributed by atoms with Crippen molar-refractivity contribution in [3.8, 4) is 0 Å². The first-order valence-electron chi connectivity index (χ1n) is 6.99. The average molecular weight is 295 g/mol. The number of carbonyl (C=O) groups excluding carboxylic acids is 1. The van der Waals surface area contributed by atoms with Crippen LogP contribution in [0.4, 0.5) is 0 Å². The van der Waals surface area contributed by atoms with Gasteiger partial charge in [-0.25, -0.2) is 0 Å². The molecule has 0 aliphatic heterocycles. The van der Waals surface area contributed by atoms with E-state index in [1.54, 1.807) is 6.92 Å². The van der Waals surface area contributed by atoms with E-state index in [0.29, 0.717) is 13.0 Å². The third-order valence-corrected chi connectivity index (χ3v) is 3.39. The molecule has 0 saturated carbocycles. The van der Waals surface area contributed by atoms with Gasteiger partial charge in [-0.2, -0.15) is 24.4 Å². The van der Waals surface area contributed by atoms with E-state index in [1.165, 1.54) is 37.2 Å². The molecule has 0 aromatic rings. The maximum absolute atomic E-state index is 10.6. The minimum atomic E-state index is -0.167. The van der Waals surface area contributed by atoms with Gasteiger partial charge in [0.1, 0.15) is 0 Å². The lowest BCUT2D eigenvalue weighted by atomic mass is 10.3. The fraction of sp³-hybridized carbons (Fsp3) is 0.929. The summed E-state index contributed by atoms with van der Waals surface area (Å²) in [4.78, 5) is 10.6. The van der Waals surface area contributed by atoms with E-state index in [4.69, 9.17) is 0 Å². The van der Waals surface area contributed by atoms with Crippen LogP contribution in [-0.4, -0.2) is 29.3 Å². The molecule has 0 aromatic heterocycles. The van der Waals surface area contributed by atoms with Crippen LogP contribution in [0.15, 0.2) is 0 Å². The number of ether oxygens (including phenoxy) is 1. The number of unbranched alkanes of at least 4 members (excludes halogenated alkanes) is 2. The van der Waals surface area contributed by atoms with Gasteiger partial charge in [0.15, 0.2) is 0 Å². The number of hydrogen-bond donors (Lipinski definition) is 1. The molecule has 0 amide bonds. The summed E-state index contributed by atoms with van der Waals surface area (Å²) >= 11 is 6.13. The zero-order valence-corrected chi connectivity index (χ0v) is 14.1. The summed E-state index contributed by atoms with van der Waals surface area (Å²) in [5.74, 6) is 2.58. The number of thioether (sulfide) groups is 1. The van der Waals surface area contributed by atoms with Gasteiger partial charge in [0.05, 0.1) is 13.0 Å². The molecule has 0 fully saturated rings. The Labute approximate surface area is 123 Å². The fourth-order valence-corrected chi connectivity index (χ4v) is 2.39. The molecule has 0 bridgehead atoms. The molecule has 4 heteroatoms. The third kappa shape index (κ3) is 21.5. The van der Waals surface area contributed by atoms with Crippen LogP contribution in [0.1, 0.15) is 59.8 Å². The minimum Gasteiger partial charge on any atom is -0.466 e. The van der Waals surface area contributed by atoms with E-state index in [2.05, 4.69) is 43.0 Å². The van der Waals surface area contributed by atoms with Crippen molar-refractivity contribution < 1.29 is 9.53 Å². The highest BCUT2D eigenvalue weighted by Gasteiger charge is 2.03. The Morgan fingerprint density at radius 3 is 2.00 bits per heavy atom. The molecule has 0 heterocycles. The zero-order valence-electron chi connectivity index (χ0n) is 12.4. The quantitative estimate of drug-likeness (QED) is 0.383. The molecule has 1 atom stereocenters. The molecule has 0 spiro atoms. The van der Waals surface area contributed by atoms with Gasteiger partial charge < -0.3 is 4.74 Å². The van der Waals surface area contributed by atoms with Crippen LogP contribution in [0, 0.1) is 0 Å². The maximum Gasteiger partial charge on any atom is 0.306 e. The fourth-order valence-electron chi connectivity index (χ4n) is 1.06. The predicted molar refractivity (Wildman–Crippen MR) is 86.8 cm³/mol. The second-order valence-corrected chi connectivity index (χ2v) is 6.28. The van der Waals surface area contributed by atoms with Gasteiger partial charge in [0.25, 0.3) is 0 Å². The highest BCUT2D eigenvalue weighted by molar-refractivity contribution is 7.99. The molecule has 0 rings (SSSR count). The van der Waals surface area contributed by atoms with Crippen molar-refractivity contribution in [2.75, 3.05) is 18.1 Å². The van der Waals surface area contributed by atoms with Crippen molar-refractivity contribution in [2.24, 2.45) is 0 Å². The summed E-state index contributed by atoms with van der Waals surface area (Å²) in [5, 5.41) is 0.101. The summed E-state index contributed by atoms with van der Waals surface area (Å²) < 4.78 is 4.66. The topological polar surface area (TPSA) is 26.3 Å². The monoisotopic (exact) mass is 294 g/mol. The Kier molecular flexibility index (Phi) is 19.5. The highest BCUT2D eigenvalue weighted by Crippen LogP contribution is 2.06. The molecule has 0 saturated heterocycles. The molecule has 0 aromatic carbocycles. The molecule has 18 heavy (non-hydrogen) atoms. The SMILES string of the molecule is CCCCSCCCC.CCOC(=O)CC(C)S. The summed E-state index contributed by atoms with van der Waals surface area (Å²) in [5.41, 5.74) is 0. The predicted octanol–water partition coefficient (Wildman–Crippen LogP) is 4.58. The molecule has 0 radical (unpaired) electrons. The van der Waals surface area contributed by atoms with Crippen molar-refractivity contribution in [2.45, 2.75) is 65.0 Å². The van der Waals surface area contributed by atoms with Gasteiger partial charge in [-0.15, -0.1) is 0 Å². The molecule has 0 aliphatic rings. The molecule has 110 valence electrons. The normalized spacial score (nSPS) is 11.4. The summed E-state index contributed by atoms with van der Waals surface area (Å²) in [6.07, 6.45) is 5.89. The van der Waals surface area contributed by atoms with Gasteiger partial charge in [-0.05, 0) is 31.3 Å². The lowest BCUT2D eigenvalue weighted by molar-refractivity contribution is -0.142. The number of esters is 1. The highest BCUT2D eigenvalue weighted by atomic mass is 32.2. The summed E-state index contributed by atoms with van der Waals surface area (Å²) in [6.45, 7) is 8.61. The first kappa shape index (κ1) is 20.5. The smallest absolute Gasteiger partial charge is 0.306 e. The van der Waals surface area contributed by atoms with Gasteiger partial charge in [0, 0.05) is 5.25 Å². The number of hydrogen-bond acceptors (Lipinski definition) is 4. The van der Waals surface area contributed by atoms with E-state index < -0.39 is 0 Å². The van der Waals surface area contributed by atoms with Gasteiger partial charge in [-0.3, -0.25) is 4.79 Å². The molecule has 2 nitrogen and oxygen atoms in total. The molecular weight excluding hydrogens is 264 g/mol. The Balaban J connectivity index is 0. The largest absolute Gasteiger partial charge is 0.466 e. The number of rotatable bonds is 9. The first-order chi connectivity index (χ1) is 8.58. The van der Waals surface area contributed by atoms with Crippen LogP contribution in [0.3, 0.4) is 0 Å². The average Bonchev–Trinajstić information content (AvgIpc) is 2.29. The standard InChI is InChI=1S/C8H18S.C6H12O2S/c1-3-5-7-9-8-6-4-2;1-3-8-6(7)4-5(2)9/h3-8H2,1-2H3;5,9H,3-4H2,1-2H3. The van der Waals surface area contributed by atoms with E-state index in [-0.39, 0.29) is 11.2 Å². The van der Waals surface area contributed by atoms with Crippen LogP contribution in [0.2, 0.25) is 0 Å². The molecule has 1 unspecified atom stereocenters. The van der Waals surface area contributed by atoms with Crippen molar-refractivity contribution in [3.05, 3.63) is 0 Å². The van der Waals surface area contributed by atoms with Crippen molar-refractivity contribution in [1.29, 1.82) is 0 Å². The van der Waals surface area contributed by atoms with Gasteiger partial charge in [-0.1, -0.05) is 33.6 Å². The Morgan fingerprint density at radius 2 is 1.67 bits per heavy atom. The van der Waals surface area contributed by atoms with E-state index >= 15 is 0 Å². The Hall–Kier alpha value is 0.170. The van der Waals surface area contributed by atoms with E-state index in [9.17, 15) is 4.79 Å². The molecule has 0 aliphatic carbocycles. The Morgan fingerprint density at radius 1 is 1.17 bits per heavy atom. The lowest BCUT2D eigenvalue weighted by Crippen LogP contribution is -2.08. The Bertz CT molecular complexity index is 167. The van der Waals surface area contributed by atoms with Crippen LogP contribution >= 0.6 is 24.4 Å². The zero-order chi connectivity index (χ0) is 14.2. The van der Waals surface area contributed by atoms with E-state index in [0.717, 1.165) is 0 Å². The first-order valence-corrected chi connectivity index (χ1v) is 8.66. The van der Waals surface area contributed by atoms with Crippen LogP contribution in [0.25, 0.3) is 0 Å². The summed E-state index contributed by atoms with van der Waals surface area (Å²) in [7, 11) is 0. The van der Waals surface area contributed by atoms with Crippen LogP contribution in [-0.2, 0) is 9.53 Å². The van der Waals surface area contributed by atoms with Gasteiger partial charge >= 0.3 is 5.97 Å². The van der Waals surface area contributed by atoms with E-state index in [1.807, 2.05) is 6.92 Å². The van der Waals surface area contributed by atoms with Gasteiger partial charge in [0.2, 0.25) is 0 Å². The second kappa shape index (κ2) is 17.2. The maximum atomic E-state index is 10.6. The molecular formula is C14H30O2S2. The molecule has 0 N–H and O–H groups in total. The minimum absolute atomic E-state index is 0.101. The lowest BCUT2D eigenvalue weighted by Gasteiger charge is -2.01.